The second-order valence-corrected chi connectivity index (χ2v) is 6.79. The molecule has 0 fully saturated rings. The maximum Gasteiger partial charge on any atom is 0.235 e. The van der Waals surface area contributed by atoms with E-state index < -0.39 is 15.6 Å². The van der Waals surface area contributed by atoms with E-state index in [1.165, 1.54) is 14.0 Å². The summed E-state index contributed by atoms with van der Waals surface area (Å²) in [6.07, 6.45) is 0. The molecule has 0 rings (SSSR count). The van der Waals surface area contributed by atoms with Crippen LogP contribution in [0.25, 0.3) is 0 Å². The van der Waals surface area contributed by atoms with Crippen molar-refractivity contribution < 1.29 is 13.2 Å². The highest BCUT2D eigenvalue weighted by molar-refractivity contribution is 7.89. The summed E-state index contributed by atoms with van der Waals surface area (Å²) in [5.41, 5.74) is 5.18. The molecule has 96 valence electrons. The van der Waals surface area contributed by atoms with Crippen molar-refractivity contribution in [3.8, 4) is 0 Å². The van der Waals surface area contributed by atoms with Gasteiger partial charge in [-0.15, -0.1) is 0 Å². The molecule has 0 radical (unpaired) electrons. The van der Waals surface area contributed by atoms with Gasteiger partial charge in [-0.25, -0.2) is 8.42 Å². The Kier molecular flexibility index (Phi) is 5.37. The van der Waals surface area contributed by atoms with Gasteiger partial charge in [-0.1, -0.05) is 0 Å². The fourth-order valence-corrected chi connectivity index (χ4v) is 1.66. The number of nitrogens with two attached hydrogens (primary N) is 1. The Morgan fingerprint density at radius 3 is 2.31 bits per heavy atom. The number of carbonyl (C=O) groups is 1. The van der Waals surface area contributed by atoms with Crippen LogP contribution >= 0.6 is 0 Å². The SMILES string of the molecule is CCS(=O)(=O)N(C)CC(=O)NCC(C)(C)N. The lowest BCUT2D eigenvalue weighted by molar-refractivity contribution is -0.121. The van der Waals surface area contributed by atoms with E-state index in [0.29, 0.717) is 6.54 Å². The number of rotatable bonds is 6. The third-order valence-electron chi connectivity index (χ3n) is 1.95. The molecule has 0 heterocycles. The van der Waals surface area contributed by atoms with Gasteiger partial charge in [0.05, 0.1) is 12.3 Å². The summed E-state index contributed by atoms with van der Waals surface area (Å²) in [5.74, 6) is -0.364. The number of hydrogen-bond donors (Lipinski definition) is 2. The number of carbonyl (C=O) groups excluding carboxylic acids is 1. The number of nitrogens with one attached hydrogen (secondary N) is 1. The van der Waals surface area contributed by atoms with Crippen molar-refractivity contribution in [2.24, 2.45) is 5.73 Å². The smallest absolute Gasteiger partial charge is 0.235 e. The summed E-state index contributed by atoms with van der Waals surface area (Å²) in [7, 11) is -1.92. The summed E-state index contributed by atoms with van der Waals surface area (Å²) in [4.78, 5) is 11.4. The first-order valence-corrected chi connectivity index (χ1v) is 6.69. The van der Waals surface area contributed by atoms with E-state index in [0.717, 1.165) is 4.31 Å². The quantitative estimate of drug-likeness (QED) is 0.641. The molecule has 0 aromatic heterocycles. The molecular weight excluding hydrogens is 230 g/mol. The van der Waals surface area contributed by atoms with Crippen LogP contribution in [0.1, 0.15) is 20.8 Å². The molecule has 0 aliphatic rings. The van der Waals surface area contributed by atoms with Gasteiger partial charge in [-0.2, -0.15) is 4.31 Å². The maximum absolute atomic E-state index is 11.4. The number of nitrogens with zero attached hydrogens (tertiary/aromatic N) is 1. The highest BCUT2D eigenvalue weighted by Crippen LogP contribution is 1.97. The van der Waals surface area contributed by atoms with Crippen molar-refractivity contribution in [1.82, 2.24) is 9.62 Å². The lowest BCUT2D eigenvalue weighted by Gasteiger charge is -2.20. The van der Waals surface area contributed by atoms with Crippen LogP contribution in [0.2, 0.25) is 0 Å². The highest BCUT2D eigenvalue weighted by Gasteiger charge is 2.19. The molecule has 0 saturated heterocycles. The number of likely N-dealkylation sites (N-methyl/N-ethyl adjacent to an activating group) is 1. The minimum Gasteiger partial charge on any atom is -0.353 e. The lowest BCUT2D eigenvalue weighted by atomic mass is 10.1. The van der Waals surface area contributed by atoms with Gasteiger partial charge >= 0.3 is 0 Å². The zero-order chi connectivity index (χ0) is 13.0. The van der Waals surface area contributed by atoms with E-state index in [9.17, 15) is 13.2 Å². The molecule has 0 saturated carbocycles. The van der Waals surface area contributed by atoms with Gasteiger partial charge < -0.3 is 11.1 Å². The van der Waals surface area contributed by atoms with Crippen molar-refractivity contribution in [2.45, 2.75) is 26.3 Å². The van der Waals surface area contributed by atoms with Crippen molar-refractivity contribution >= 4 is 15.9 Å². The van der Waals surface area contributed by atoms with Crippen LogP contribution in [0.4, 0.5) is 0 Å². The Morgan fingerprint density at radius 1 is 1.44 bits per heavy atom. The summed E-state index contributed by atoms with van der Waals surface area (Å²) in [6, 6.07) is 0. The van der Waals surface area contributed by atoms with E-state index in [1.807, 2.05) is 0 Å². The van der Waals surface area contributed by atoms with Gasteiger partial charge in [-0.3, -0.25) is 4.79 Å². The molecule has 6 nitrogen and oxygen atoms in total. The molecule has 0 aliphatic heterocycles. The molecule has 0 spiro atoms. The van der Waals surface area contributed by atoms with Crippen LogP contribution in [0.5, 0.6) is 0 Å². The Morgan fingerprint density at radius 2 is 1.94 bits per heavy atom. The topological polar surface area (TPSA) is 92.5 Å². The fourth-order valence-electron chi connectivity index (χ4n) is 0.903. The third-order valence-corrected chi connectivity index (χ3v) is 3.76. The number of hydrogen-bond acceptors (Lipinski definition) is 4. The van der Waals surface area contributed by atoms with Gasteiger partial charge in [0.2, 0.25) is 15.9 Å². The second-order valence-electron chi connectivity index (χ2n) is 4.42. The Hall–Kier alpha value is -0.660. The minimum absolute atomic E-state index is 0.0147. The standard InChI is InChI=1S/C9H21N3O3S/c1-5-16(14,15)12(4)6-8(13)11-7-9(2,3)10/h5-7,10H2,1-4H3,(H,11,13). The van der Waals surface area contributed by atoms with Gasteiger partial charge in [0.1, 0.15) is 0 Å². The van der Waals surface area contributed by atoms with Crippen molar-refractivity contribution in [1.29, 1.82) is 0 Å². The molecule has 0 atom stereocenters. The van der Waals surface area contributed by atoms with Gasteiger partial charge in [-0.05, 0) is 20.8 Å². The Bertz CT molecular complexity index is 332. The lowest BCUT2D eigenvalue weighted by Crippen LogP contribution is -2.47. The summed E-state index contributed by atoms with van der Waals surface area (Å²) in [5, 5.41) is 2.58. The third kappa shape index (κ3) is 6.04. The van der Waals surface area contributed by atoms with E-state index in [-0.39, 0.29) is 18.2 Å². The first-order chi connectivity index (χ1) is 7.08. The molecule has 16 heavy (non-hydrogen) atoms. The average Bonchev–Trinajstić information content (AvgIpc) is 2.13. The van der Waals surface area contributed by atoms with Crippen molar-refractivity contribution in [3.63, 3.8) is 0 Å². The van der Waals surface area contributed by atoms with Gasteiger partial charge in [0.15, 0.2) is 0 Å². The molecule has 0 aromatic rings. The largest absolute Gasteiger partial charge is 0.353 e. The molecule has 3 N–H and O–H groups in total. The molecule has 7 heteroatoms. The predicted octanol–water partition coefficient (Wildman–Crippen LogP) is -0.879. The van der Waals surface area contributed by atoms with Crippen LogP contribution in [0.15, 0.2) is 0 Å². The Balaban J connectivity index is 4.17. The number of sulfonamides is 1. The van der Waals surface area contributed by atoms with Crippen LogP contribution in [-0.4, -0.2) is 50.1 Å². The predicted molar refractivity (Wildman–Crippen MR) is 63.4 cm³/mol. The van der Waals surface area contributed by atoms with Crippen LogP contribution in [-0.2, 0) is 14.8 Å². The highest BCUT2D eigenvalue weighted by atomic mass is 32.2. The zero-order valence-electron chi connectivity index (χ0n) is 10.3. The van der Waals surface area contributed by atoms with Crippen LogP contribution in [0, 0.1) is 0 Å². The van der Waals surface area contributed by atoms with Crippen molar-refractivity contribution in [2.75, 3.05) is 25.9 Å². The monoisotopic (exact) mass is 251 g/mol. The zero-order valence-corrected chi connectivity index (χ0v) is 11.1. The number of amides is 1. The van der Waals surface area contributed by atoms with Crippen LogP contribution in [0.3, 0.4) is 0 Å². The van der Waals surface area contributed by atoms with Gasteiger partial charge in [0.25, 0.3) is 0 Å². The van der Waals surface area contributed by atoms with Gasteiger partial charge in [0, 0.05) is 19.1 Å². The summed E-state index contributed by atoms with van der Waals surface area (Å²) in [6.45, 7) is 5.23. The van der Waals surface area contributed by atoms with E-state index in [4.69, 9.17) is 5.73 Å². The molecule has 0 aromatic carbocycles. The Labute approximate surface area is 97.2 Å². The van der Waals surface area contributed by atoms with Crippen molar-refractivity contribution in [3.05, 3.63) is 0 Å². The first kappa shape index (κ1) is 15.3. The minimum atomic E-state index is -3.31. The molecule has 0 unspecified atom stereocenters. The van der Waals surface area contributed by atoms with E-state index in [1.54, 1.807) is 13.8 Å². The molecular formula is C9H21N3O3S. The maximum atomic E-state index is 11.4. The second kappa shape index (κ2) is 5.60. The molecule has 0 bridgehead atoms. The first-order valence-electron chi connectivity index (χ1n) is 5.08. The molecule has 1 amide bonds. The average molecular weight is 251 g/mol. The summed E-state index contributed by atoms with van der Waals surface area (Å²) >= 11 is 0. The van der Waals surface area contributed by atoms with E-state index >= 15 is 0 Å². The molecule has 0 aliphatic carbocycles. The fraction of sp³-hybridized carbons (Fsp3) is 0.889. The van der Waals surface area contributed by atoms with Crippen LogP contribution < -0.4 is 11.1 Å². The summed E-state index contributed by atoms with van der Waals surface area (Å²) < 4.78 is 23.7. The van der Waals surface area contributed by atoms with E-state index in [2.05, 4.69) is 5.32 Å². The normalized spacial score (nSPS) is 12.9.